The molecule has 2 fully saturated rings. The molecule has 3 rings (SSSR count). The number of nitrogens with one attached hydrogen (secondary N) is 1. The first kappa shape index (κ1) is 17.9. The van der Waals surface area contributed by atoms with Crippen LogP contribution in [0.25, 0.3) is 0 Å². The Kier molecular flexibility index (Phi) is 6.09. The highest BCUT2D eigenvalue weighted by Crippen LogP contribution is 2.15. The van der Waals surface area contributed by atoms with Gasteiger partial charge in [-0.3, -0.25) is 0 Å². The molecule has 1 aromatic rings. The van der Waals surface area contributed by atoms with E-state index in [2.05, 4.69) is 45.2 Å². The molecule has 0 radical (unpaired) electrons. The monoisotopic (exact) mass is 346 g/mol. The third-order valence-corrected chi connectivity index (χ3v) is 5.09. The van der Waals surface area contributed by atoms with Gasteiger partial charge in [0.05, 0.1) is 0 Å². The molecule has 0 aromatic carbocycles. The number of carbonyl (C=O) groups is 1. The maximum Gasteiger partial charge on any atom is 0.317 e. The molecule has 2 aliphatic heterocycles. The Balaban J connectivity index is 1.52. The molecule has 3 heterocycles. The van der Waals surface area contributed by atoms with Gasteiger partial charge < -0.3 is 24.9 Å². The van der Waals surface area contributed by atoms with Gasteiger partial charge in [0.25, 0.3) is 0 Å². The minimum absolute atomic E-state index is 0.0354. The van der Waals surface area contributed by atoms with Crippen LogP contribution in [0.4, 0.5) is 10.6 Å². The lowest BCUT2D eigenvalue weighted by atomic mass is 10.2. The summed E-state index contributed by atoms with van der Waals surface area (Å²) < 4.78 is 0. The van der Waals surface area contributed by atoms with Crippen LogP contribution in [-0.2, 0) is 6.54 Å². The van der Waals surface area contributed by atoms with Crippen molar-refractivity contribution >= 4 is 11.8 Å². The zero-order valence-corrected chi connectivity index (χ0v) is 15.4. The molecule has 0 unspecified atom stereocenters. The standard InChI is InChI=1S/C18H30N6O/c1-21-6-3-7-24(13-10-21)18(25)20-15-16-4-5-19-17(14-16)23-11-8-22(2)9-12-23/h4-5,14H,3,6-13,15H2,1-2H3,(H,20,25). The van der Waals surface area contributed by atoms with Gasteiger partial charge in [0.1, 0.15) is 5.82 Å². The summed E-state index contributed by atoms with van der Waals surface area (Å²) in [5.41, 5.74) is 1.10. The second-order valence-electron chi connectivity index (χ2n) is 7.12. The number of piperazine rings is 1. The molecule has 0 aliphatic carbocycles. The average molecular weight is 346 g/mol. The number of aromatic nitrogens is 1. The third-order valence-electron chi connectivity index (χ3n) is 5.09. The Morgan fingerprint density at radius 2 is 1.76 bits per heavy atom. The van der Waals surface area contributed by atoms with Gasteiger partial charge in [-0.25, -0.2) is 9.78 Å². The zero-order valence-electron chi connectivity index (χ0n) is 15.4. The van der Waals surface area contributed by atoms with Crippen LogP contribution in [-0.4, -0.2) is 92.2 Å². The molecule has 0 bridgehead atoms. The van der Waals surface area contributed by atoms with Crippen LogP contribution >= 0.6 is 0 Å². The first-order chi connectivity index (χ1) is 12.1. The van der Waals surface area contributed by atoms with E-state index < -0.39 is 0 Å². The van der Waals surface area contributed by atoms with Crippen molar-refractivity contribution in [1.82, 2.24) is 25.0 Å². The van der Waals surface area contributed by atoms with Crippen molar-refractivity contribution in [2.45, 2.75) is 13.0 Å². The maximum atomic E-state index is 12.4. The summed E-state index contributed by atoms with van der Waals surface area (Å²) in [7, 11) is 4.26. The Morgan fingerprint density at radius 1 is 1.04 bits per heavy atom. The van der Waals surface area contributed by atoms with E-state index >= 15 is 0 Å². The van der Waals surface area contributed by atoms with Gasteiger partial charge in [0, 0.05) is 58.6 Å². The van der Waals surface area contributed by atoms with Crippen molar-refractivity contribution < 1.29 is 4.79 Å². The van der Waals surface area contributed by atoms with Gasteiger partial charge in [0.2, 0.25) is 0 Å². The van der Waals surface area contributed by atoms with E-state index in [0.29, 0.717) is 6.54 Å². The van der Waals surface area contributed by atoms with Gasteiger partial charge in [0.15, 0.2) is 0 Å². The highest BCUT2D eigenvalue weighted by Gasteiger charge is 2.18. The molecule has 2 amide bonds. The van der Waals surface area contributed by atoms with Crippen LogP contribution < -0.4 is 10.2 Å². The summed E-state index contributed by atoms with van der Waals surface area (Å²) in [6, 6.07) is 4.12. The molecule has 0 atom stereocenters. The van der Waals surface area contributed by atoms with Crippen LogP contribution in [0.15, 0.2) is 18.3 Å². The molecular weight excluding hydrogens is 316 g/mol. The normalized spacial score (nSPS) is 20.4. The zero-order chi connectivity index (χ0) is 17.6. The minimum atomic E-state index is 0.0354. The molecule has 0 spiro atoms. The Morgan fingerprint density at radius 3 is 2.56 bits per heavy atom. The molecule has 1 N–H and O–H groups in total. The second-order valence-corrected chi connectivity index (χ2v) is 7.12. The first-order valence-corrected chi connectivity index (χ1v) is 9.21. The number of hydrogen-bond acceptors (Lipinski definition) is 5. The predicted molar refractivity (Wildman–Crippen MR) is 99.9 cm³/mol. The second kappa shape index (κ2) is 8.49. The topological polar surface area (TPSA) is 55.0 Å². The van der Waals surface area contributed by atoms with Crippen LogP contribution in [0.2, 0.25) is 0 Å². The molecule has 2 aliphatic rings. The van der Waals surface area contributed by atoms with Gasteiger partial charge in [-0.15, -0.1) is 0 Å². The van der Waals surface area contributed by atoms with Crippen LogP contribution in [0.5, 0.6) is 0 Å². The molecule has 2 saturated heterocycles. The van der Waals surface area contributed by atoms with Crippen molar-refractivity contribution in [3.05, 3.63) is 23.9 Å². The number of amides is 2. The predicted octanol–water partition coefficient (Wildman–Crippen LogP) is 0.681. The highest BCUT2D eigenvalue weighted by atomic mass is 16.2. The molecule has 1 aromatic heterocycles. The fraction of sp³-hybridized carbons (Fsp3) is 0.667. The number of hydrogen-bond donors (Lipinski definition) is 1. The number of likely N-dealkylation sites (N-methyl/N-ethyl adjacent to an activating group) is 2. The Hall–Kier alpha value is -1.86. The van der Waals surface area contributed by atoms with E-state index in [9.17, 15) is 4.79 Å². The summed E-state index contributed by atoms with van der Waals surface area (Å²) in [4.78, 5) is 25.8. The first-order valence-electron chi connectivity index (χ1n) is 9.21. The van der Waals surface area contributed by atoms with Gasteiger partial charge in [-0.05, 0) is 44.8 Å². The van der Waals surface area contributed by atoms with Gasteiger partial charge >= 0.3 is 6.03 Å². The summed E-state index contributed by atoms with van der Waals surface area (Å²) in [5, 5.41) is 3.06. The summed E-state index contributed by atoms with van der Waals surface area (Å²) in [6.07, 6.45) is 2.88. The number of carbonyl (C=O) groups excluding carboxylic acids is 1. The van der Waals surface area contributed by atoms with Crippen LogP contribution in [0, 0.1) is 0 Å². The van der Waals surface area contributed by atoms with E-state index in [4.69, 9.17) is 0 Å². The molecular formula is C18H30N6O. The molecule has 25 heavy (non-hydrogen) atoms. The molecule has 138 valence electrons. The number of urea groups is 1. The Labute approximate surface area is 150 Å². The van der Waals surface area contributed by atoms with Crippen molar-refractivity contribution in [3.63, 3.8) is 0 Å². The average Bonchev–Trinajstić information content (AvgIpc) is 2.85. The van der Waals surface area contributed by atoms with Gasteiger partial charge in [-0.1, -0.05) is 0 Å². The van der Waals surface area contributed by atoms with Crippen molar-refractivity contribution in [2.75, 3.05) is 71.4 Å². The van der Waals surface area contributed by atoms with E-state index in [1.165, 1.54) is 0 Å². The number of anilines is 1. The number of nitrogens with zero attached hydrogens (tertiary/aromatic N) is 5. The van der Waals surface area contributed by atoms with E-state index in [1.54, 1.807) is 0 Å². The molecule has 7 nitrogen and oxygen atoms in total. The highest BCUT2D eigenvalue weighted by molar-refractivity contribution is 5.74. The fourth-order valence-electron chi connectivity index (χ4n) is 3.32. The van der Waals surface area contributed by atoms with E-state index in [-0.39, 0.29) is 6.03 Å². The summed E-state index contributed by atoms with van der Waals surface area (Å²) in [5.74, 6) is 1.01. The lowest BCUT2D eigenvalue weighted by Crippen LogP contribution is -2.44. The summed E-state index contributed by atoms with van der Waals surface area (Å²) in [6.45, 7) is 8.30. The summed E-state index contributed by atoms with van der Waals surface area (Å²) >= 11 is 0. The number of pyridine rings is 1. The largest absolute Gasteiger partial charge is 0.354 e. The van der Waals surface area contributed by atoms with Gasteiger partial charge in [-0.2, -0.15) is 0 Å². The molecule has 0 saturated carbocycles. The lowest BCUT2D eigenvalue weighted by molar-refractivity contribution is 0.199. The molecule has 7 heteroatoms. The van der Waals surface area contributed by atoms with Crippen LogP contribution in [0.3, 0.4) is 0 Å². The van der Waals surface area contributed by atoms with E-state index in [0.717, 1.165) is 70.2 Å². The van der Waals surface area contributed by atoms with Crippen LogP contribution in [0.1, 0.15) is 12.0 Å². The lowest BCUT2D eigenvalue weighted by Gasteiger charge is -2.33. The SMILES string of the molecule is CN1CCCN(C(=O)NCc2ccnc(N3CCN(C)CC3)c2)CC1. The third kappa shape index (κ3) is 5.06. The smallest absolute Gasteiger partial charge is 0.317 e. The Bertz CT molecular complexity index is 572. The quantitative estimate of drug-likeness (QED) is 0.872. The van der Waals surface area contributed by atoms with Crippen molar-refractivity contribution in [2.24, 2.45) is 0 Å². The van der Waals surface area contributed by atoms with E-state index in [1.807, 2.05) is 17.2 Å². The fourth-order valence-corrected chi connectivity index (χ4v) is 3.32. The number of rotatable bonds is 3. The maximum absolute atomic E-state index is 12.4. The van der Waals surface area contributed by atoms with Crippen molar-refractivity contribution in [1.29, 1.82) is 0 Å². The van der Waals surface area contributed by atoms with Crippen molar-refractivity contribution in [3.8, 4) is 0 Å². The minimum Gasteiger partial charge on any atom is -0.354 e.